The predicted octanol–water partition coefficient (Wildman–Crippen LogP) is 2.93. The van der Waals surface area contributed by atoms with E-state index in [9.17, 15) is 0 Å². The minimum absolute atomic E-state index is 0. The van der Waals surface area contributed by atoms with Crippen LogP contribution in [0.5, 0.6) is 0 Å². The van der Waals surface area contributed by atoms with Crippen molar-refractivity contribution in [3.8, 4) is 0 Å². The SMILES string of the molecule is CCOCCOCc1cccc(CNC(=NC)NC2CC2C)c1.I. The van der Waals surface area contributed by atoms with E-state index >= 15 is 0 Å². The number of aliphatic imine (C=N–C) groups is 1. The van der Waals surface area contributed by atoms with Crippen LogP contribution in [-0.4, -0.2) is 38.9 Å². The summed E-state index contributed by atoms with van der Waals surface area (Å²) in [7, 11) is 1.81. The summed E-state index contributed by atoms with van der Waals surface area (Å²) >= 11 is 0. The highest BCUT2D eigenvalue weighted by Crippen LogP contribution is 2.28. The fourth-order valence-corrected chi connectivity index (χ4v) is 2.36. The molecule has 5 nitrogen and oxygen atoms in total. The van der Waals surface area contributed by atoms with E-state index in [2.05, 4.69) is 46.8 Å². The summed E-state index contributed by atoms with van der Waals surface area (Å²) in [4.78, 5) is 4.27. The second-order valence-corrected chi connectivity index (χ2v) is 5.96. The Labute approximate surface area is 162 Å². The molecule has 0 amide bonds. The second-order valence-electron chi connectivity index (χ2n) is 5.96. The van der Waals surface area contributed by atoms with Crippen molar-refractivity contribution in [2.24, 2.45) is 10.9 Å². The van der Waals surface area contributed by atoms with E-state index in [1.54, 1.807) is 0 Å². The first-order valence-corrected chi connectivity index (χ1v) is 8.43. The van der Waals surface area contributed by atoms with Crippen molar-refractivity contribution in [1.82, 2.24) is 10.6 Å². The maximum Gasteiger partial charge on any atom is 0.191 e. The van der Waals surface area contributed by atoms with Gasteiger partial charge in [0.2, 0.25) is 0 Å². The molecule has 0 heterocycles. The Hall–Kier alpha value is -0.860. The quantitative estimate of drug-likeness (QED) is 0.265. The van der Waals surface area contributed by atoms with E-state index in [0.717, 1.165) is 25.0 Å². The fourth-order valence-electron chi connectivity index (χ4n) is 2.36. The van der Waals surface area contributed by atoms with Crippen LogP contribution < -0.4 is 10.6 Å². The second kappa shape index (κ2) is 11.7. The number of benzene rings is 1. The van der Waals surface area contributed by atoms with Gasteiger partial charge < -0.3 is 20.1 Å². The molecule has 1 aliphatic carbocycles. The summed E-state index contributed by atoms with van der Waals surface area (Å²) in [6.45, 7) is 7.63. The zero-order chi connectivity index (χ0) is 16.5. The van der Waals surface area contributed by atoms with Crippen molar-refractivity contribution in [2.45, 2.75) is 39.5 Å². The van der Waals surface area contributed by atoms with Crippen molar-refractivity contribution in [2.75, 3.05) is 26.9 Å². The first kappa shape index (κ1) is 21.2. The van der Waals surface area contributed by atoms with E-state index in [4.69, 9.17) is 9.47 Å². The number of halogens is 1. The molecule has 2 N–H and O–H groups in total. The first-order chi connectivity index (χ1) is 11.2. The molecule has 1 saturated carbocycles. The number of rotatable bonds is 9. The zero-order valence-corrected chi connectivity index (χ0v) is 17.2. The third-order valence-electron chi connectivity index (χ3n) is 3.95. The molecule has 0 saturated heterocycles. The fraction of sp³-hybridized carbons (Fsp3) is 0.611. The normalized spacial score (nSPS) is 19.5. The molecule has 0 spiro atoms. The Morgan fingerprint density at radius 2 is 1.96 bits per heavy atom. The predicted molar refractivity (Wildman–Crippen MR) is 109 cm³/mol. The molecule has 6 heteroatoms. The monoisotopic (exact) mass is 447 g/mol. The van der Waals surface area contributed by atoms with Crippen molar-refractivity contribution in [3.63, 3.8) is 0 Å². The lowest BCUT2D eigenvalue weighted by atomic mass is 10.1. The molecule has 136 valence electrons. The maximum absolute atomic E-state index is 5.61. The Kier molecular flexibility index (Phi) is 10.3. The van der Waals surface area contributed by atoms with Gasteiger partial charge in [0.1, 0.15) is 0 Å². The van der Waals surface area contributed by atoms with Gasteiger partial charge in [-0.1, -0.05) is 31.2 Å². The van der Waals surface area contributed by atoms with Crippen LogP contribution in [0.4, 0.5) is 0 Å². The lowest BCUT2D eigenvalue weighted by Crippen LogP contribution is -2.38. The number of hydrogen-bond donors (Lipinski definition) is 2. The van der Waals surface area contributed by atoms with Gasteiger partial charge in [0.15, 0.2) is 5.96 Å². The highest BCUT2D eigenvalue weighted by atomic mass is 127. The van der Waals surface area contributed by atoms with Gasteiger partial charge in [-0.25, -0.2) is 0 Å². The average molecular weight is 447 g/mol. The molecular formula is C18H30IN3O2. The van der Waals surface area contributed by atoms with Crippen molar-refractivity contribution >= 4 is 29.9 Å². The van der Waals surface area contributed by atoms with Crippen LogP contribution >= 0.6 is 24.0 Å². The Morgan fingerprint density at radius 3 is 2.62 bits per heavy atom. The lowest BCUT2D eigenvalue weighted by Gasteiger charge is -2.12. The minimum Gasteiger partial charge on any atom is -0.379 e. The van der Waals surface area contributed by atoms with Crippen LogP contribution in [0.3, 0.4) is 0 Å². The maximum atomic E-state index is 5.61. The van der Waals surface area contributed by atoms with Crippen molar-refractivity contribution in [1.29, 1.82) is 0 Å². The minimum atomic E-state index is 0. The molecule has 1 fully saturated rings. The van der Waals surface area contributed by atoms with Crippen LogP contribution in [0.15, 0.2) is 29.3 Å². The number of guanidine groups is 1. The molecule has 0 radical (unpaired) electrons. The summed E-state index contributed by atoms with van der Waals surface area (Å²) in [5.74, 6) is 1.63. The number of nitrogens with one attached hydrogen (secondary N) is 2. The molecular weight excluding hydrogens is 417 g/mol. The third-order valence-corrected chi connectivity index (χ3v) is 3.95. The molecule has 0 aliphatic heterocycles. The molecule has 1 aromatic carbocycles. The van der Waals surface area contributed by atoms with E-state index in [1.165, 1.54) is 17.5 Å². The summed E-state index contributed by atoms with van der Waals surface area (Å²) in [5, 5.41) is 6.80. The van der Waals surface area contributed by atoms with Gasteiger partial charge in [-0.2, -0.15) is 0 Å². The van der Waals surface area contributed by atoms with E-state index in [-0.39, 0.29) is 24.0 Å². The Bertz CT molecular complexity index is 511. The largest absolute Gasteiger partial charge is 0.379 e. The molecule has 2 unspecified atom stereocenters. The smallest absolute Gasteiger partial charge is 0.191 e. The highest BCUT2D eigenvalue weighted by Gasteiger charge is 2.33. The standard InChI is InChI=1S/C18H29N3O2.HI/c1-4-22-8-9-23-13-16-7-5-6-15(11-16)12-20-18(19-3)21-17-10-14(17)2;/h5-7,11,14,17H,4,8-10,12-13H2,1-3H3,(H2,19,20,21);1H. The molecule has 24 heavy (non-hydrogen) atoms. The first-order valence-electron chi connectivity index (χ1n) is 8.43. The lowest BCUT2D eigenvalue weighted by molar-refractivity contribution is 0.0453. The molecule has 1 aliphatic rings. The summed E-state index contributed by atoms with van der Waals surface area (Å²) in [6.07, 6.45) is 1.23. The van der Waals surface area contributed by atoms with Gasteiger partial charge in [-0.3, -0.25) is 4.99 Å². The van der Waals surface area contributed by atoms with Gasteiger partial charge in [-0.15, -0.1) is 24.0 Å². The topological polar surface area (TPSA) is 54.9 Å². The third kappa shape index (κ3) is 7.81. The van der Waals surface area contributed by atoms with Crippen LogP contribution in [0.1, 0.15) is 31.4 Å². The summed E-state index contributed by atoms with van der Waals surface area (Å²) in [6, 6.07) is 9.01. The van der Waals surface area contributed by atoms with Gasteiger partial charge >= 0.3 is 0 Å². The van der Waals surface area contributed by atoms with Crippen LogP contribution in [0.2, 0.25) is 0 Å². The number of hydrogen-bond acceptors (Lipinski definition) is 3. The van der Waals surface area contributed by atoms with Gasteiger partial charge in [-0.05, 0) is 30.4 Å². The van der Waals surface area contributed by atoms with Gasteiger partial charge in [0, 0.05) is 26.2 Å². The Morgan fingerprint density at radius 1 is 1.25 bits per heavy atom. The zero-order valence-electron chi connectivity index (χ0n) is 14.9. The summed E-state index contributed by atoms with van der Waals surface area (Å²) in [5.41, 5.74) is 2.40. The number of ether oxygens (including phenoxy) is 2. The van der Waals surface area contributed by atoms with Crippen LogP contribution in [0.25, 0.3) is 0 Å². The molecule has 2 rings (SSSR count). The Balaban J connectivity index is 0.00000288. The highest BCUT2D eigenvalue weighted by molar-refractivity contribution is 14.0. The van der Waals surface area contributed by atoms with Gasteiger partial charge in [0.05, 0.1) is 19.8 Å². The van der Waals surface area contributed by atoms with E-state index in [0.29, 0.717) is 25.9 Å². The van der Waals surface area contributed by atoms with Crippen molar-refractivity contribution in [3.05, 3.63) is 35.4 Å². The average Bonchev–Trinajstić information content (AvgIpc) is 3.26. The van der Waals surface area contributed by atoms with Crippen LogP contribution in [-0.2, 0) is 22.6 Å². The molecule has 1 aromatic rings. The van der Waals surface area contributed by atoms with Gasteiger partial charge in [0.25, 0.3) is 0 Å². The number of nitrogens with zero attached hydrogens (tertiary/aromatic N) is 1. The molecule has 0 bridgehead atoms. The summed E-state index contributed by atoms with van der Waals surface area (Å²) < 4.78 is 10.9. The van der Waals surface area contributed by atoms with Crippen molar-refractivity contribution < 1.29 is 9.47 Å². The van der Waals surface area contributed by atoms with Crippen LogP contribution in [0, 0.1) is 5.92 Å². The van der Waals surface area contributed by atoms with E-state index < -0.39 is 0 Å². The van der Waals surface area contributed by atoms with E-state index in [1.807, 2.05) is 14.0 Å². The molecule has 2 atom stereocenters. The molecule has 0 aromatic heterocycles.